The first-order valence-corrected chi connectivity index (χ1v) is 9.33. The Balaban J connectivity index is 0.00000280. The number of aromatic nitrogens is 2. The maximum Gasteiger partial charge on any atom is 0.191 e. The second-order valence-corrected chi connectivity index (χ2v) is 6.72. The van der Waals surface area contributed by atoms with E-state index in [0.717, 1.165) is 37.0 Å². The van der Waals surface area contributed by atoms with Gasteiger partial charge in [-0.3, -0.25) is 4.99 Å². The molecule has 2 N–H and O–H groups in total. The van der Waals surface area contributed by atoms with Crippen molar-refractivity contribution in [3.05, 3.63) is 89.0 Å². The normalized spacial score (nSPS) is 11.0. The zero-order valence-corrected chi connectivity index (χ0v) is 18.9. The number of benzene rings is 2. The highest BCUT2D eigenvalue weighted by atomic mass is 127. The fourth-order valence-electron chi connectivity index (χ4n) is 2.74. The van der Waals surface area contributed by atoms with E-state index in [9.17, 15) is 0 Å². The topological polar surface area (TPSA) is 54.2 Å². The van der Waals surface area contributed by atoms with E-state index in [2.05, 4.69) is 49.4 Å². The fraction of sp³-hybridized carbons (Fsp3) is 0.238. The van der Waals surface area contributed by atoms with Crippen LogP contribution in [0, 0.1) is 0 Å². The molecule has 3 aromatic rings. The molecule has 7 heteroatoms. The van der Waals surface area contributed by atoms with Crippen LogP contribution in [0.5, 0.6) is 0 Å². The third kappa shape index (κ3) is 7.16. The summed E-state index contributed by atoms with van der Waals surface area (Å²) >= 11 is 5.91. The Morgan fingerprint density at radius 1 is 1.00 bits per heavy atom. The van der Waals surface area contributed by atoms with Gasteiger partial charge in [0.05, 0.1) is 6.33 Å². The summed E-state index contributed by atoms with van der Waals surface area (Å²) in [6, 6.07) is 16.5. The van der Waals surface area contributed by atoms with Crippen molar-refractivity contribution in [2.75, 3.05) is 13.6 Å². The summed E-state index contributed by atoms with van der Waals surface area (Å²) in [4.78, 5) is 8.35. The van der Waals surface area contributed by atoms with Crippen molar-refractivity contribution in [2.45, 2.75) is 19.5 Å². The zero-order chi connectivity index (χ0) is 18.9. The van der Waals surface area contributed by atoms with E-state index in [1.807, 2.05) is 36.8 Å². The molecule has 0 aliphatic carbocycles. The number of nitrogens with one attached hydrogen (secondary N) is 2. The van der Waals surface area contributed by atoms with Crippen LogP contribution >= 0.6 is 35.6 Å². The lowest BCUT2D eigenvalue weighted by molar-refractivity contribution is 0.788. The molecule has 0 spiro atoms. The Hall–Kier alpha value is -2.06. The van der Waals surface area contributed by atoms with E-state index in [1.165, 1.54) is 16.7 Å². The van der Waals surface area contributed by atoms with Crippen LogP contribution in [0.3, 0.4) is 0 Å². The second kappa shape index (κ2) is 11.7. The summed E-state index contributed by atoms with van der Waals surface area (Å²) in [5.74, 6) is 0.798. The monoisotopic (exact) mass is 509 g/mol. The number of halogens is 2. The van der Waals surface area contributed by atoms with Gasteiger partial charge in [0.2, 0.25) is 0 Å². The van der Waals surface area contributed by atoms with Crippen LogP contribution in [0.4, 0.5) is 0 Å². The summed E-state index contributed by atoms with van der Waals surface area (Å²) in [7, 11) is 1.78. The van der Waals surface area contributed by atoms with Crippen molar-refractivity contribution in [3.8, 4) is 0 Å². The van der Waals surface area contributed by atoms with Crippen molar-refractivity contribution in [1.82, 2.24) is 20.2 Å². The highest BCUT2D eigenvalue weighted by Gasteiger charge is 2.00. The van der Waals surface area contributed by atoms with Gasteiger partial charge in [-0.05, 0) is 35.2 Å². The minimum absolute atomic E-state index is 0. The minimum Gasteiger partial charge on any atom is -0.356 e. The average Bonchev–Trinajstić information content (AvgIpc) is 3.20. The number of hydrogen-bond donors (Lipinski definition) is 2. The smallest absolute Gasteiger partial charge is 0.191 e. The number of rotatable bonds is 7. The van der Waals surface area contributed by atoms with Crippen LogP contribution in [-0.4, -0.2) is 29.1 Å². The maximum absolute atomic E-state index is 5.91. The molecule has 0 radical (unpaired) electrons. The Morgan fingerprint density at radius 3 is 2.32 bits per heavy atom. The number of hydrogen-bond acceptors (Lipinski definition) is 2. The van der Waals surface area contributed by atoms with Crippen LogP contribution in [0.15, 0.2) is 72.2 Å². The van der Waals surface area contributed by atoms with Gasteiger partial charge in [-0.25, -0.2) is 4.98 Å². The third-order valence-electron chi connectivity index (χ3n) is 4.25. The van der Waals surface area contributed by atoms with E-state index >= 15 is 0 Å². The van der Waals surface area contributed by atoms with Gasteiger partial charge in [0, 0.05) is 44.1 Å². The summed E-state index contributed by atoms with van der Waals surface area (Å²) in [5, 5.41) is 7.45. The summed E-state index contributed by atoms with van der Waals surface area (Å²) in [6.45, 7) is 2.37. The van der Waals surface area contributed by atoms with Crippen LogP contribution in [0.2, 0.25) is 5.02 Å². The molecule has 28 heavy (non-hydrogen) atoms. The van der Waals surface area contributed by atoms with E-state index in [1.54, 1.807) is 13.2 Å². The number of imidazole rings is 1. The molecule has 3 rings (SSSR count). The summed E-state index contributed by atoms with van der Waals surface area (Å²) in [5.41, 5.74) is 3.71. The van der Waals surface area contributed by atoms with Gasteiger partial charge in [0.1, 0.15) is 0 Å². The molecule has 0 fully saturated rings. The minimum atomic E-state index is 0. The largest absolute Gasteiger partial charge is 0.356 e. The molecule has 0 atom stereocenters. The predicted octanol–water partition coefficient (Wildman–Crippen LogP) is 4.11. The lowest BCUT2D eigenvalue weighted by Crippen LogP contribution is -2.37. The molecule has 148 valence electrons. The summed E-state index contributed by atoms with van der Waals surface area (Å²) < 4.78 is 2.06. The van der Waals surface area contributed by atoms with Gasteiger partial charge in [0.15, 0.2) is 5.96 Å². The van der Waals surface area contributed by atoms with E-state index in [-0.39, 0.29) is 24.0 Å². The molecule has 0 amide bonds. The predicted molar refractivity (Wildman–Crippen MR) is 127 cm³/mol. The number of nitrogens with zero attached hydrogens (tertiary/aromatic N) is 3. The van der Waals surface area contributed by atoms with Crippen molar-refractivity contribution in [3.63, 3.8) is 0 Å². The third-order valence-corrected chi connectivity index (χ3v) is 4.50. The standard InChI is InChI=1S/C21H24ClN5.HI/c1-23-21(25-11-10-17-6-8-20(22)9-7-17)26-14-18-2-4-19(5-3-18)15-27-13-12-24-16-27;/h2-9,12-13,16H,10-11,14-15H2,1H3,(H2,23,25,26);1H. The van der Waals surface area contributed by atoms with E-state index in [0.29, 0.717) is 0 Å². The van der Waals surface area contributed by atoms with E-state index in [4.69, 9.17) is 11.6 Å². The highest BCUT2D eigenvalue weighted by Crippen LogP contribution is 2.09. The molecule has 0 aliphatic heterocycles. The Kier molecular flexibility index (Phi) is 9.30. The van der Waals surface area contributed by atoms with Gasteiger partial charge in [-0.2, -0.15) is 0 Å². The van der Waals surface area contributed by atoms with Crippen LogP contribution in [0.1, 0.15) is 16.7 Å². The van der Waals surface area contributed by atoms with Crippen LogP contribution < -0.4 is 10.6 Å². The highest BCUT2D eigenvalue weighted by molar-refractivity contribution is 14.0. The first kappa shape index (κ1) is 22.2. The van der Waals surface area contributed by atoms with Gasteiger partial charge >= 0.3 is 0 Å². The van der Waals surface area contributed by atoms with Crippen LogP contribution in [0.25, 0.3) is 0 Å². The second-order valence-electron chi connectivity index (χ2n) is 6.28. The first-order valence-electron chi connectivity index (χ1n) is 8.95. The molecule has 0 unspecified atom stereocenters. The molecule has 1 aromatic heterocycles. The molecule has 0 aliphatic rings. The molecule has 0 saturated carbocycles. The van der Waals surface area contributed by atoms with Crippen molar-refractivity contribution in [1.29, 1.82) is 0 Å². The molecule has 2 aromatic carbocycles. The summed E-state index contributed by atoms with van der Waals surface area (Å²) in [6.07, 6.45) is 6.51. The molecule has 1 heterocycles. The molecule has 0 bridgehead atoms. The lowest BCUT2D eigenvalue weighted by atomic mass is 10.1. The Labute approximate surface area is 188 Å². The number of guanidine groups is 1. The Bertz CT molecular complexity index is 846. The number of aliphatic imine (C=N–C) groups is 1. The van der Waals surface area contributed by atoms with E-state index < -0.39 is 0 Å². The van der Waals surface area contributed by atoms with Gasteiger partial charge in [0.25, 0.3) is 0 Å². The average molecular weight is 510 g/mol. The zero-order valence-electron chi connectivity index (χ0n) is 15.8. The lowest BCUT2D eigenvalue weighted by Gasteiger charge is -2.12. The quantitative estimate of drug-likeness (QED) is 0.286. The Morgan fingerprint density at radius 2 is 1.68 bits per heavy atom. The molecule has 5 nitrogen and oxygen atoms in total. The van der Waals surface area contributed by atoms with Crippen molar-refractivity contribution >= 4 is 41.5 Å². The van der Waals surface area contributed by atoms with Crippen molar-refractivity contribution in [2.24, 2.45) is 4.99 Å². The van der Waals surface area contributed by atoms with Gasteiger partial charge in [-0.1, -0.05) is 48.0 Å². The van der Waals surface area contributed by atoms with Crippen LogP contribution in [-0.2, 0) is 19.5 Å². The fourth-order valence-corrected chi connectivity index (χ4v) is 2.86. The van der Waals surface area contributed by atoms with Gasteiger partial charge < -0.3 is 15.2 Å². The maximum atomic E-state index is 5.91. The molecule has 0 saturated heterocycles. The van der Waals surface area contributed by atoms with Gasteiger partial charge in [-0.15, -0.1) is 24.0 Å². The molecular formula is C21H25ClIN5. The molecular weight excluding hydrogens is 485 g/mol. The SMILES string of the molecule is CN=C(NCCc1ccc(Cl)cc1)NCc1ccc(Cn2ccnc2)cc1.I. The first-order chi connectivity index (χ1) is 13.2. The van der Waals surface area contributed by atoms with Crippen molar-refractivity contribution < 1.29 is 0 Å².